The lowest BCUT2D eigenvalue weighted by molar-refractivity contribution is -0.127. The SMILES string of the molecule is CCN1CCN(C(=O)/C=C/c2sc3ccccc3c2Cl)CC1. The van der Waals surface area contributed by atoms with Crippen LogP contribution in [-0.2, 0) is 4.79 Å². The van der Waals surface area contributed by atoms with Gasteiger partial charge in [-0.15, -0.1) is 11.3 Å². The number of halogens is 1. The first kappa shape index (κ1) is 15.5. The lowest BCUT2D eigenvalue weighted by atomic mass is 10.2. The molecule has 3 rings (SSSR count). The Morgan fingerprint density at radius 2 is 2.00 bits per heavy atom. The van der Waals surface area contributed by atoms with Crippen molar-refractivity contribution in [2.45, 2.75) is 6.92 Å². The highest BCUT2D eigenvalue weighted by atomic mass is 35.5. The first-order valence-corrected chi connectivity index (χ1v) is 8.75. The predicted octanol–water partition coefficient (Wildman–Crippen LogP) is 3.73. The summed E-state index contributed by atoms with van der Waals surface area (Å²) >= 11 is 8.01. The molecule has 0 N–H and O–H groups in total. The average Bonchev–Trinajstić information content (AvgIpc) is 2.89. The van der Waals surface area contributed by atoms with Crippen molar-refractivity contribution in [2.24, 2.45) is 0 Å². The van der Waals surface area contributed by atoms with E-state index in [2.05, 4.69) is 17.9 Å². The summed E-state index contributed by atoms with van der Waals surface area (Å²) in [4.78, 5) is 17.5. The number of hydrogen-bond donors (Lipinski definition) is 0. The van der Waals surface area contributed by atoms with Crippen LogP contribution in [0.5, 0.6) is 0 Å². The van der Waals surface area contributed by atoms with Crippen molar-refractivity contribution in [3.63, 3.8) is 0 Å². The predicted molar refractivity (Wildman–Crippen MR) is 94.6 cm³/mol. The van der Waals surface area contributed by atoms with Gasteiger partial charge >= 0.3 is 0 Å². The zero-order valence-corrected chi connectivity index (χ0v) is 14.2. The fraction of sp³-hybridized carbons (Fsp3) is 0.353. The van der Waals surface area contributed by atoms with Crippen molar-refractivity contribution in [1.82, 2.24) is 9.80 Å². The van der Waals surface area contributed by atoms with E-state index in [1.54, 1.807) is 17.4 Å². The van der Waals surface area contributed by atoms with E-state index < -0.39 is 0 Å². The monoisotopic (exact) mass is 334 g/mol. The number of hydrogen-bond acceptors (Lipinski definition) is 3. The number of amides is 1. The van der Waals surface area contributed by atoms with E-state index in [0.29, 0.717) is 0 Å². The van der Waals surface area contributed by atoms with Gasteiger partial charge in [-0.3, -0.25) is 4.79 Å². The molecule has 1 aliphatic heterocycles. The van der Waals surface area contributed by atoms with E-state index >= 15 is 0 Å². The van der Waals surface area contributed by atoms with Crippen LogP contribution in [0.1, 0.15) is 11.8 Å². The number of thiophene rings is 1. The molecule has 5 heteroatoms. The van der Waals surface area contributed by atoms with E-state index in [9.17, 15) is 4.79 Å². The molecule has 1 aromatic carbocycles. The normalized spacial score (nSPS) is 16.7. The van der Waals surface area contributed by atoms with Crippen molar-refractivity contribution < 1.29 is 4.79 Å². The lowest BCUT2D eigenvalue weighted by Gasteiger charge is -2.33. The van der Waals surface area contributed by atoms with E-state index in [4.69, 9.17) is 11.6 Å². The largest absolute Gasteiger partial charge is 0.337 e. The summed E-state index contributed by atoms with van der Waals surface area (Å²) in [6.07, 6.45) is 3.50. The van der Waals surface area contributed by atoms with E-state index in [1.807, 2.05) is 29.2 Å². The number of rotatable bonds is 3. The molecule has 0 aliphatic carbocycles. The Morgan fingerprint density at radius 1 is 1.27 bits per heavy atom. The van der Waals surface area contributed by atoms with Crippen LogP contribution in [0.3, 0.4) is 0 Å². The highest BCUT2D eigenvalue weighted by molar-refractivity contribution is 7.20. The lowest BCUT2D eigenvalue weighted by Crippen LogP contribution is -2.48. The summed E-state index contributed by atoms with van der Waals surface area (Å²) in [5.41, 5.74) is 0. The third kappa shape index (κ3) is 3.19. The summed E-state index contributed by atoms with van der Waals surface area (Å²) < 4.78 is 1.15. The van der Waals surface area contributed by atoms with Crippen LogP contribution < -0.4 is 0 Å². The zero-order chi connectivity index (χ0) is 15.5. The molecule has 0 radical (unpaired) electrons. The molecule has 1 aromatic heterocycles. The Morgan fingerprint density at radius 3 is 2.68 bits per heavy atom. The first-order valence-electron chi connectivity index (χ1n) is 7.55. The molecule has 0 unspecified atom stereocenters. The number of nitrogens with zero attached hydrogens (tertiary/aromatic N) is 2. The fourth-order valence-electron chi connectivity index (χ4n) is 2.68. The van der Waals surface area contributed by atoms with Gasteiger partial charge < -0.3 is 9.80 Å². The fourth-order valence-corrected chi connectivity index (χ4v) is 4.08. The Bertz CT molecular complexity index is 702. The summed E-state index contributed by atoms with van der Waals surface area (Å²) in [6.45, 7) is 6.73. The summed E-state index contributed by atoms with van der Waals surface area (Å²) in [7, 11) is 0. The maximum atomic E-state index is 12.3. The smallest absolute Gasteiger partial charge is 0.246 e. The maximum absolute atomic E-state index is 12.3. The Balaban J connectivity index is 1.70. The third-order valence-electron chi connectivity index (χ3n) is 4.07. The zero-order valence-electron chi connectivity index (χ0n) is 12.6. The number of carbonyl (C=O) groups excluding carboxylic acids is 1. The van der Waals surface area contributed by atoms with Gasteiger partial charge in [-0.2, -0.15) is 0 Å². The Kier molecular flexibility index (Phi) is 4.81. The molecule has 1 amide bonds. The topological polar surface area (TPSA) is 23.6 Å². The molecule has 116 valence electrons. The van der Waals surface area contributed by atoms with E-state index in [-0.39, 0.29) is 5.91 Å². The number of benzene rings is 1. The minimum atomic E-state index is 0.0734. The van der Waals surface area contributed by atoms with Crippen molar-refractivity contribution in [2.75, 3.05) is 32.7 Å². The molecule has 0 spiro atoms. The molecule has 1 fully saturated rings. The van der Waals surface area contributed by atoms with Crippen LogP contribution in [0.15, 0.2) is 30.3 Å². The quantitative estimate of drug-likeness (QED) is 0.798. The van der Waals surface area contributed by atoms with Gasteiger partial charge in [0.25, 0.3) is 0 Å². The summed E-state index contributed by atoms with van der Waals surface area (Å²) in [5.74, 6) is 0.0734. The molecular weight excluding hydrogens is 316 g/mol. The first-order chi connectivity index (χ1) is 10.7. The van der Waals surface area contributed by atoms with Crippen molar-refractivity contribution in [3.8, 4) is 0 Å². The van der Waals surface area contributed by atoms with Gasteiger partial charge in [0.2, 0.25) is 5.91 Å². The molecule has 2 aromatic rings. The highest BCUT2D eigenvalue weighted by Gasteiger charge is 2.18. The van der Waals surface area contributed by atoms with Crippen molar-refractivity contribution >= 4 is 45.0 Å². The van der Waals surface area contributed by atoms with Crippen molar-refractivity contribution in [3.05, 3.63) is 40.2 Å². The highest BCUT2D eigenvalue weighted by Crippen LogP contribution is 2.35. The molecule has 0 bridgehead atoms. The third-order valence-corrected chi connectivity index (χ3v) is 5.72. The number of fused-ring (bicyclic) bond motifs is 1. The van der Waals surface area contributed by atoms with Gasteiger partial charge in [0.05, 0.1) is 5.02 Å². The van der Waals surface area contributed by atoms with Gasteiger partial charge in [0.1, 0.15) is 0 Å². The molecule has 3 nitrogen and oxygen atoms in total. The Labute approximate surface area is 139 Å². The van der Waals surface area contributed by atoms with Crippen LogP contribution >= 0.6 is 22.9 Å². The molecule has 1 aliphatic rings. The summed E-state index contributed by atoms with van der Waals surface area (Å²) in [6, 6.07) is 8.04. The number of carbonyl (C=O) groups is 1. The van der Waals surface area contributed by atoms with Gasteiger partial charge in [-0.1, -0.05) is 36.7 Å². The summed E-state index contributed by atoms with van der Waals surface area (Å²) in [5, 5.41) is 1.79. The number of piperazine rings is 1. The van der Waals surface area contributed by atoms with Gasteiger partial charge in [0.15, 0.2) is 0 Å². The van der Waals surface area contributed by atoms with Crippen LogP contribution in [0.4, 0.5) is 0 Å². The molecule has 2 heterocycles. The second-order valence-electron chi connectivity index (χ2n) is 5.37. The van der Waals surface area contributed by atoms with Crippen LogP contribution in [0, 0.1) is 0 Å². The van der Waals surface area contributed by atoms with Gasteiger partial charge in [-0.25, -0.2) is 0 Å². The maximum Gasteiger partial charge on any atom is 0.246 e. The van der Waals surface area contributed by atoms with Crippen LogP contribution in [-0.4, -0.2) is 48.4 Å². The minimum Gasteiger partial charge on any atom is -0.337 e. The molecule has 0 saturated carbocycles. The molecular formula is C17H19ClN2OS. The molecule has 22 heavy (non-hydrogen) atoms. The Hall–Kier alpha value is -1.36. The van der Waals surface area contributed by atoms with Gasteiger partial charge in [-0.05, 0) is 18.7 Å². The molecule has 0 atom stereocenters. The minimum absolute atomic E-state index is 0.0734. The van der Waals surface area contributed by atoms with E-state index in [0.717, 1.165) is 52.7 Å². The second-order valence-corrected chi connectivity index (χ2v) is 6.83. The second kappa shape index (κ2) is 6.82. The van der Waals surface area contributed by atoms with E-state index in [1.165, 1.54) is 0 Å². The van der Waals surface area contributed by atoms with Crippen LogP contribution in [0.25, 0.3) is 16.2 Å². The van der Waals surface area contributed by atoms with Crippen LogP contribution in [0.2, 0.25) is 5.02 Å². The standard InChI is InChI=1S/C17H19ClN2OS/c1-2-19-9-11-20(12-10-19)16(21)8-7-15-17(18)13-5-3-4-6-14(13)22-15/h3-8H,2,9-12H2,1H3/b8-7+. The molecule has 1 saturated heterocycles. The average molecular weight is 335 g/mol. The van der Waals surface area contributed by atoms with Crippen molar-refractivity contribution in [1.29, 1.82) is 0 Å². The number of likely N-dealkylation sites (N-methyl/N-ethyl adjacent to an activating group) is 1. The van der Waals surface area contributed by atoms with Gasteiger partial charge in [0, 0.05) is 47.2 Å².